The van der Waals surface area contributed by atoms with Crippen LogP contribution in [0.5, 0.6) is 0 Å². The van der Waals surface area contributed by atoms with Gasteiger partial charge in [0.1, 0.15) is 42.5 Å². The molecule has 5 heterocycles. The van der Waals surface area contributed by atoms with Crippen LogP contribution in [0.2, 0.25) is 0 Å². The summed E-state index contributed by atoms with van der Waals surface area (Å²) in [6, 6.07) is 1.11. The van der Waals surface area contributed by atoms with E-state index in [1.54, 1.807) is 4.57 Å². The molecule has 0 radical (unpaired) electrons. The van der Waals surface area contributed by atoms with Crippen LogP contribution in [-0.4, -0.2) is 90.1 Å². The van der Waals surface area contributed by atoms with E-state index in [4.69, 9.17) is 29.0 Å². The number of thiol groups is 1. The summed E-state index contributed by atoms with van der Waals surface area (Å²) >= 11 is 3.88. The number of H-pyrrole nitrogens is 1. The summed E-state index contributed by atoms with van der Waals surface area (Å²) in [6.45, 7) is -0.977. The molecule has 2 aliphatic heterocycles. The summed E-state index contributed by atoms with van der Waals surface area (Å²) in [4.78, 5) is 38.1. The maximum absolute atomic E-state index is 13.5. The average Bonchev–Trinajstić information content (AvgIpc) is 3.62. The Kier molecular flexibility index (Phi) is 8.39. The van der Waals surface area contributed by atoms with Crippen molar-refractivity contribution >= 4 is 37.5 Å². The molecule has 0 aliphatic carbocycles. The van der Waals surface area contributed by atoms with Crippen LogP contribution in [0.1, 0.15) is 18.9 Å². The number of aromatic amines is 1. The lowest BCUT2D eigenvalue weighted by Crippen LogP contribution is -2.40. The van der Waals surface area contributed by atoms with Crippen LogP contribution in [0.25, 0.3) is 11.2 Å². The van der Waals surface area contributed by atoms with Crippen molar-refractivity contribution < 1.29 is 38.0 Å². The average molecular weight is 603 g/mol. The highest BCUT2D eigenvalue weighted by Crippen LogP contribution is 2.50. The SMILES string of the molecule is CO[C@H]1C(OP(=O)(NS)OC[C@H]2O[C@@H](n3cnc4c(N)ncnc43)CC2O)[C@@H](CO)O[C@H]1n1ccc(=O)[nH]c1=O. The van der Waals surface area contributed by atoms with Gasteiger partial charge in [0.05, 0.1) is 25.6 Å². The lowest BCUT2D eigenvalue weighted by molar-refractivity contribution is -0.0625. The molecule has 18 nitrogen and oxygen atoms in total. The van der Waals surface area contributed by atoms with Crippen LogP contribution in [0.3, 0.4) is 0 Å². The number of rotatable bonds is 10. The molecule has 6 N–H and O–H groups in total. The van der Waals surface area contributed by atoms with Gasteiger partial charge in [-0.05, 0) is 0 Å². The van der Waals surface area contributed by atoms with E-state index in [1.807, 2.05) is 0 Å². The smallest absolute Gasteiger partial charge is 0.394 e. The molecule has 5 rings (SSSR count). The van der Waals surface area contributed by atoms with E-state index >= 15 is 0 Å². The lowest BCUT2D eigenvalue weighted by Gasteiger charge is -2.27. The maximum Gasteiger partial charge on any atom is 0.415 e. The normalized spacial score (nSPS) is 30.1. The molecule has 0 aromatic carbocycles. The van der Waals surface area contributed by atoms with Gasteiger partial charge < -0.3 is 30.2 Å². The Labute approximate surface area is 230 Å². The number of aliphatic hydroxyl groups is 2. The van der Waals surface area contributed by atoms with Crippen molar-refractivity contribution in [3.63, 3.8) is 0 Å². The van der Waals surface area contributed by atoms with Gasteiger partial charge in [-0.25, -0.2) is 24.3 Å². The Bertz CT molecular complexity index is 1520. The molecule has 3 aromatic heterocycles. The topological polar surface area (TPSA) is 240 Å². The van der Waals surface area contributed by atoms with Crippen LogP contribution in [-0.2, 0) is 27.8 Å². The number of nitrogens with two attached hydrogens (primary N) is 1. The number of hydrogen-bond acceptors (Lipinski definition) is 15. The number of ether oxygens (including phenoxy) is 3. The van der Waals surface area contributed by atoms with E-state index in [-0.39, 0.29) is 18.8 Å². The molecule has 20 heteroatoms. The molecule has 8 atom stereocenters. The molecule has 3 unspecified atom stereocenters. The van der Waals surface area contributed by atoms with Gasteiger partial charge in [0.25, 0.3) is 5.56 Å². The van der Waals surface area contributed by atoms with Crippen LogP contribution >= 0.6 is 20.6 Å². The quantitative estimate of drug-likeness (QED) is 0.114. The summed E-state index contributed by atoms with van der Waals surface area (Å²) in [7, 11) is -2.94. The molecule has 0 amide bonds. The van der Waals surface area contributed by atoms with E-state index in [9.17, 15) is 24.4 Å². The maximum atomic E-state index is 13.5. The Morgan fingerprint density at radius 1 is 1.25 bits per heavy atom. The standard InChI is InChI=1S/C20H27N8O10PS/c1-34-16-15(10(5-29)37-19(16)27-3-2-12(31)25-20(27)32)38-39(33,26-40)35-6-11-9(30)4-13(36-11)28-8-24-14-17(21)22-7-23-18(14)28/h2-3,7-11,13,15-16,19,29-30,40H,4-6H2,1H3,(H,26,33)(H2,21,22,23)(H,25,31,32)/t9?,10-,11-,13-,15?,16+,19-,39?/m1/s1. The fourth-order valence-electron chi connectivity index (χ4n) is 4.62. The van der Waals surface area contributed by atoms with Gasteiger partial charge in [0.2, 0.25) is 0 Å². The van der Waals surface area contributed by atoms with Crippen molar-refractivity contribution in [3.05, 3.63) is 45.8 Å². The predicted octanol–water partition coefficient (Wildman–Crippen LogP) is -1.54. The molecule has 2 fully saturated rings. The zero-order chi connectivity index (χ0) is 28.6. The fraction of sp³-hybridized carbons (Fsp3) is 0.550. The van der Waals surface area contributed by atoms with Crippen molar-refractivity contribution in [1.29, 1.82) is 0 Å². The number of nitrogens with zero attached hydrogens (tertiary/aromatic N) is 5. The molecule has 2 saturated heterocycles. The minimum atomic E-state index is -4.24. The Morgan fingerprint density at radius 3 is 2.75 bits per heavy atom. The van der Waals surface area contributed by atoms with Gasteiger partial charge in [-0.2, -0.15) is 4.49 Å². The number of aromatic nitrogens is 6. The van der Waals surface area contributed by atoms with Crippen LogP contribution in [0.4, 0.5) is 5.82 Å². The van der Waals surface area contributed by atoms with Crippen LogP contribution < -0.4 is 21.5 Å². The van der Waals surface area contributed by atoms with Crippen molar-refractivity contribution in [1.82, 2.24) is 33.6 Å². The number of fused-ring (bicyclic) bond motifs is 1. The molecule has 3 aromatic rings. The molecule has 218 valence electrons. The van der Waals surface area contributed by atoms with Crippen molar-refractivity contribution in [2.24, 2.45) is 0 Å². The second-order valence-corrected chi connectivity index (χ2v) is 11.2. The summed E-state index contributed by atoms with van der Waals surface area (Å²) < 4.78 is 46.6. The number of hydrogen-bond donors (Lipinski definition) is 6. The largest absolute Gasteiger partial charge is 0.415 e. The second-order valence-electron chi connectivity index (χ2n) is 8.94. The molecule has 0 spiro atoms. The third-order valence-electron chi connectivity index (χ3n) is 6.56. The van der Waals surface area contributed by atoms with E-state index < -0.39 is 68.6 Å². The Hall–Kier alpha value is -2.71. The predicted molar refractivity (Wildman–Crippen MR) is 138 cm³/mol. The summed E-state index contributed by atoms with van der Waals surface area (Å²) in [5.41, 5.74) is 5.22. The molecule has 2 aliphatic rings. The highest BCUT2D eigenvalue weighted by Gasteiger charge is 2.50. The Morgan fingerprint density at radius 2 is 2.05 bits per heavy atom. The number of nitrogens with one attached hydrogen (secondary N) is 2. The fourth-order valence-corrected chi connectivity index (χ4v) is 6.02. The number of anilines is 1. The first kappa shape index (κ1) is 28.8. The third kappa shape index (κ3) is 5.45. The number of methoxy groups -OCH3 is 1. The molecule has 0 saturated carbocycles. The van der Waals surface area contributed by atoms with Gasteiger partial charge in [0.15, 0.2) is 17.7 Å². The minimum absolute atomic E-state index is 0.146. The van der Waals surface area contributed by atoms with Crippen molar-refractivity contribution in [3.8, 4) is 0 Å². The molecular weight excluding hydrogens is 575 g/mol. The zero-order valence-electron chi connectivity index (χ0n) is 20.8. The monoisotopic (exact) mass is 602 g/mol. The van der Waals surface area contributed by atoms with E-state index in [0.717, 1.165) is 10.6 Å². The van der Waals surface area contributed by atoms with Crippen LogP contribution in [0, 0.1) is 0 Å². The van der Waals surface area contributed by atoms with Crippen molar-refractivity contribution in [2.45, 2.75) is 49.4 Å². The van der Waals surface area contributed by atoms with E-state index in [1.165, 1.54) is 26.0 Å². The molecule has 0 bridgehead atoms. The van der Waals surface area contributed by atoms with E-state index in [0.29, 0.717) is 11.2 Å². The molecular formula is C20H27N8O10PS. The highest BCUT2D eigenvalue weighted by atomic mass is 32.1. The first-order valence-corrected chi connectivity index (χ1v) is 13.9. The first-order valence-electron chi connectivity index (χ1n) is 11.9. The minimum Gasteiger partial charge on any atom is -0.394 e. The second kappa shape index (κ2) is 11.6. The summed E-state index contributed by atoms with van der Waals surface area (Å²) in [5.74, 6) is 0.194. The number of aliphatic hydroxyl groups excluding tert-OH is 2. The number of nitrogen functional groups attached to an aromatic ring is 1. The zero-order valence-corrected chi connectivity index (χ0v) is 22.6. The van der Waals surface area contributed by atoms with E-state index in [2.05, 4.69) is 37.2 Å². The highest BCUT2D eigenvalue weighted by molar-refractivity contribution is 7.85. The van der Waals surface area contributed by atoms with Gasteiger partial charge in [-0.1, -0.05) is 12.8 Å². The van der Waals surface area contributed by atoms with Gasteiger partial charge in [-0.3, -0.25) is 28.0 Å². The van der Waals surface area contributed by atoms with Gasteiger partial charge in [0, 0.05) is 25.8 Å². The van der Waals surface area contributed by atoms with Crippen LogP contribution in [0.15, 0.2) is 34.5 Å². The lowest BCUT2D eigenvalue weighted by atomic mass is 10.1. The summed E-state index contributed by atoms with van der Waals surface area (Å²) in [6.07, 6.45) is -3.07. The molecule has 40 heavy (non-hydrogen) atoms. The van der Waals surface area contributed by atoms with Gasteiger partial charge >= 0.3 is 13.4 Å². The van der Waals surface area contributed by atoms with Gasteiger partial charge in [-0.15, -0.1) is 0 Å². The Balaban J connectivity index is 1.28. The van der Waals surface area contributed by atoms with Crippen molar-refractivity contribution in [2.75, 3.05) is 26.1 Å². The third-order valence-corrected chi connectivity index (χ3v) is 8.55. The first-order chi connectivity index (χ1) is 19.2. The summed E-state index contributed by atoms with van der Waals surface area (Å²) in [5, 5.41) is 20.5. The number of imidazole rings is 1.